The molecule has 2 rings (SSSR count). The van der Waals surface area contributed by atoms with E-state index in [4.69, 9.17) is 0 Å². The Morgan fingerprint density at radius 1 is 1.20 bits per heavy atom. The smallest absolute Gasteiger partial charge is 0.180 e. The number of anilines is 1. The first-order valence-corrected chi connectivity index (χ1v) is 8.97. The summed E-state index contributed by atoms with van der Waals surface area (Å²) in [6.07, 6.45) is 3.51. The highest BCUT2D eigenvalue weighted by Gasteiger charge is 2.26. The van der Waals surface area contributed by atoms with Gasteiger partial charge in [-0.1, -0.05) is 25.5 Å². The molecule has 1 aliphatic heterocycles. The van der Waals surface area contributed by atoms with Gasteiger partial charge in [0.25, 0.3) is 0 Å². The van der Waals surface area contributed by atoms with Gasteiger partial charge in [-0.15, -0.1) is 0 Å². The van der Waals surface area contributed by atoms with Crippen LogP contribution in [0.4, 0.5) is 5.69 Å². The number of rotatable bonds is 4. The number of sulfone groups is 1. The molecule has 20 heavy (non-hydrogen) atoms. The molecular weight excluding hydrogens is 272 g/mol. The quantitative estimate of drug-likeness (QED) is 0.927. The van der Waals surface area contributed by atoms with Gasteiger partial charge in [0.05, 0.1) is 16.3 Å². The molecule has 1 aliphatic rings. The number of hydrazine groups is 1. The van der Waals surface area contributed by atoms with Crippen molar-refractivity contribution in [1.82, 2.24) is 5.01 Å². The third-order valence-electron chi connectivity index (χ3n) is 4.05. The first-order valence-electron chi connectivity index (χ1n) is 7.32. The van der Waals surface area contributed by atoms with Crippen molar-refractivity contribution in [3.8, 4) is 0 Å². The highest BCUT2D eigenvalue weighted by Crippen LogP contribution is 2.27. The van der Waals surface area contributed by atoms with E-state index < -0.39 is 9.84 Å². The van der Waals surface area contributed by atoms with Gasteiger partial charge in [-0.3, -0.25) is 0 Å². The monoisotopic (exact) mass is 296 g/mol. The van der Waals surface area contributed by atoms with Crippen LogP contribution in [0.15, 0.2) is 29.2 Å². The molecule has 1 aromatic rings. The van der Waals surface area contributed by atoms with Crippen molar-refractivity contribution in [2.45, 2.75) is 57.0 Å². The molecule has 0 aliphatic carbocycles. The minimum absolute atomic E-state index is 0.122. The predicted molar refractivity (Wildman–Crippen MR) is 82.4 cm³/mol. The van der Waals surface area contributed by atoms with E-state index in [0.29, 0.717) is 22.7 Å². The molecule has 2 unspecified atom stereocenters. The fourth-order valence-electron chi connectivity index (χ4n) is 2.77. The average Bonchev–Trinajstić information content (AvgIpc) is 2.43. The van der Waals surface area contributed by atoms with Crippen molar-refractivity contribution in [3.63, 3.8) is 0 Å². The van der Waals surface area contributed by atoms with Crippen molar-refractivity contribution in [2.75, 3.05) is 11.2 Å². The summed E-state index contributed by atoms with van der Waals surface area (Å²) in [4.78, 5) is 0.396. The zero-order chi connectivity index (χ0) is 14.8. The van der Waals surface area contributed by atoms with Gasteiger partial charge in [0.15, 0.2) is 9.84 Å². The van der Waals surface area contributed by atoms with Crippen molar-refractivity contribution >= 4 is 15.5 Å². The molecule has 1 saturated heterocycles. The molecule has 0 spiro atoms. The Bertz CT molecular complexity index is 547. The Morgan fingerprint density at radius 2 is 1.80 bits per heavy atom. The fourth-order valence-corrected chi connectivity index (χ4v) is 3.81. The number of nitrogens with one attached hydrogen (secondary N) is 1. The summed E-state index contributed by atoms with van der Waals surface area (Å²) in [5, 5.41) is 2.19. The Labute approximate surface area is 122 Å². The van der Waals surface area contributed by atoms with Gasteiger partial charge in [-0.05, 0) is 38.8 Å². The molecule has 1 N–H and O–H groups in total. The topological polar surface area (TPSA) is 49.4 Å². The summed E-state index contributed by atoms with van der Waals surface area (Å²) >= 11 is 0. The van der Waals surface area contributed by atoms with E-state index in [1.807, 2.05) is 12.1 Å². The maximum atomic E-state index is 12.2. The minimum Gasteiger partial charge on any atom is -0.317 e. The van der Waals surface area contributed by atoms with Crippen LogP contribution in [0.1, 0.15) is 40.0 Å². The van der Waals surface area contributed by atoms with E-state index in [1.165, 1.54) is 6.42 Å². The van der Waals surface area contributed by atoms with E-state index >= 15 is 0 Å². The minimum atomic E-state index is -3.20. The molecule has 0 radical (unpaired) electrons. The Balaban J connectivity index is 2.30. The Morgan fingerprint density at radius 3 is 2.40 bits per heavy atom. The van der Waals surface area contributed by atoms with Gasteiger partial charge in [-0.2, -0.15) is 0 Å². The van der Waals surface area contributed by atoms with Crippen LogP contribution in [-0.2, 0) is 9.84 Å². The highest BCUT2D eigenvalue weighted by molar-refractivity contribution is 7.91. The largest absolute Gasteiger partial charge is 0.317 e. The normalized spacial score (nSPS) is 24.6. The third kappa shape index (κ3) is 3.15. The molecule has 0 aromatic heterocycles. The first kappa shape index (κ1) is 15.3. The van der Waals surface area contributed by atoms with Gasteiger partial charge < -0.3 is 5.43 Å². The SMILES string of the molecule is CCS(=O)(=O)c1ccccc1NN1C(C)CCCC1C. The summed E-state index contributed by atoms with van der Waals surface area (Å²) in [6.45, 7) is 6.04. The standard InChI is InChI=1S/C15H24N2O2S/c1-4-20(18,19)15-11-6-5-10-14(15)16-17-12(2)8-7-9-13(17)3/h5-6,10-13,16H,4,7-9H2,1-3H3. The predicted octanol–water partition coefficient (Wildman–Crippen LogP) is 3.07. The third-order valence-corrected chi connectivity index (χ3v) is 5.83. The second kappa shape index (κ2) is 6.14. The molecule has 0 bridgehead atoms. The van der Waals surface area contributed by atoms with Crippen LogP contribution < -0.4 is 5.43 Å². The summed E-state index contributed by atoms with van der Waals surface area (Å²) in [5.41, 5.74) is 4.03. The zero-order valence-corrected chi connectivity index (χ0v) is 13.3. The lowest BCUT2D eigenvalue weighted by molar-refractivity contribution is 0.135. The Hall–Kier alpha value is -1.07. The molecule has 0 saturated carbocycles. The van der Waals surface area contributed by atoms with E-state index in [-0.39, 0.29) is 5.75 Å². The van der Waals surface area contributed by atoms with Crippen molar-refractivity contribution in [2.24, 2.45) is 0 Å². The summed E-state index contributed by atoms with van der Waals surface area (Å²) in [7, 11) is -3.20. The number of hydrogen-bond donors (Lipinski definition) is 1. The van der Waals surface area contributed by atoms with Crippen LogP contribution in [0.3, 0.4) is 0 Å². The van der Waals surface area contributed by atoms with Crippen molar-refractivity contribution in [1.29, 1.82) is 0 Å². The lowest BCUT2D eigenvalue weighted by Crippen LogP contribution is -2.47. The molecular formula is C15H24N2O2S. The lowest BCUT2D eigenvalue weighted by Gasteiger charge is -2.39. The van der Waals surface area contributed by atoms with E-state index in [9.17, 15) is 8.42 Å². The maximum absolute atomic E-state index is 12.2. The van der Waals surface area contributed by atoms with Crippen LogP contribution in [-0.4, -0.2) is 31.3 Å². The molecule has 1 aromatic carbocycles. The molecule has 0 amide bonds. The van der Waals surface area contributed by atoms with Crippen LogP contribution >= 0.6 is 0 Å². The number of para-hydroxylation sites is 1. The fraction of sp³-hybridized carbons (Fsp3) is 0.600. The van der Waals surface area contributed by atoms with E-state index in [1.54, 1.807) is 19.1 Å². The van der Waals surface area contributed by atoms with Crippen LogP contribution in [0.5, 0.6) is 0 Å². The highest BCUT2D eigenvalue weighted by atomic mass is 32.2. The average molecular weight is 296 g/mol. The van der Waals surface area contributed by atoms with Gasteiger partial charge >= 0.3 is 0 Å². The number of piperidine rings is 1. The van der Waals surface area contributed by atoms with Gasteiger partial charge in [0.1, 0.15) is 0 Å². The molecule has 112 valence electrons. The number of hydrogen-bond acceptors (Lipinski definition) is 4. The molecule has 1 fully saturated rings. The number of benzene rings is 1. The van der Waals surface area contributed by atoms with E-state index in [2.05, 4.69) is 24.3 Å². The van der Waals surface area contributed by atoms with Crippen LogP contribution in [0, 0.1) is 0 Å². The van der Waals surface area contributed by atoms with Crippen LogP contribution in [0.25, 0.3) is 0 Å². The number of nitrogens with zero attached hydrogens (tertiary/aromatic N) is 1. The second-order valence-corrected chi connectivity index (χ2v) is 7.79. The summed E-state index contributed by atoms with van der Waals surface area (Å²) < 4.78 is 24.3. The second-order valence-electron chi connectivity index (χ2n) is 5.55. The first-order chi connectivity index (χ1) is 9.45. The summed E-state index contributed by atoms with van der Waals surface area (Å²) in [5.74, 6) is 0.122. The molecule has 2 atom stereocenters. The molecule has 4 nitrogen and oxygen atoms in total. The van der Waals surface area contributed by atoms with Crippen molar-refractivity contribution in [3.05, 3.63) is 24.3 Å². The van der Waals surface area contributed by atoms with Crippen molar-refractivity contribution < 1.29 is 8.42 Å². The Kier molecular flexibility index (Phi) is 4.70. The lowest BCUT2D eigenvalue weighted by atomic mass is 10.00. The van der Waals surface area contributed by atoms with Gasteiger partial charge in [0, 0.05) is 12.1 Å². The summed E-state index contributed by atoms with van der Waals surface area (Å²) in [6, 6.07) is 8.00. The van der Waals surface area contributed by atoms with E-state index in [0.717, 1.165) is 12.8 Å². The maximum Gasteiger partial charge on any atom is 0.180 e. The molecule has 5 heteroatoms. The van der Waals surface area contributed by atoms with Gasteiger partial charge in [-0.25, -0.2) is 13.4 Å². The zero-order valence-electron chi connectivity index (χ0n) is 12.5. The molecule has 1 heterocycles. The van der Waals surface area contributed by atoms with Crippen LogP contribution in [0.2, 0.25) is 0 Å². The van der Waals surface area contributed by atoms with Gasteiger partial charge in [0.2, 0.25) is 0 Å².